The minimum absolute atomic E-state index is 0.306. The lowest BCUT2D eigenvalue weighted by molar-refractivity contribution is 0.0526. The number of terminal acetylenes is 1. The molecular formula is C12H12O2. The standard InChI is InChI=1S/C12H12O2/c1-4-10-6-7-11(8-9(10)3)12(13)14-5-2/h1,6-8H,5H2,2-3H3. The second kappa shape index (κ2) is 4.48. The zero-order valence-electron chi connectivity index (χ0n) is 8.33. The minimum atomic E-state index is -0.306. The van der Waals surface area contributed by atoms with Gasteiger partial charge in [-0.2, -0.15) is 0 Å². The molecule has 0 atom stereocenters. The van der Waals surface area contributed by atoms with Crippen LogP contribution in [0.4, 0.5) is 0 Å². The van der Waals surface area contributed by atoms with Gasteiger partial charge >= 0.3 is 5.97 Å². The Labute approximate surface area is 83.9 Å². The van der Waals surface area contributed by atoms with Crippen LogP contribution in [0.1, 0.15) is 28.4 Å². The normalized spacial score (nSPS) is 9.21. The molecular weight excluding hydrogens is 176 g/mol. The average Bonchev–Trinajstić information content (AvgIpc) is 2.18. The van der Waals surface area contributed by atoms with Crippen LogP contribution in [-0.2, 0) is 4.74 Å². The third-order valence-electron chi connectivity index (χ3n) is 1.89. The summed E-state index contributed by atoms with van der Waals surface area (Å²) in [5, 5.41) is 0. The van der Waals surface area contributed by atoms with Crippen molar-refractivity contribution in [2.45, 2.75) is 13.8 Å². The molecule has 0 spiro atoms. The Morgan fingerprint density at radius 3 is 2.79 bits per heavy atom. The summed E-state index contributed by atoms with van der Waals surface area (Å²) in [5.74, 6) is 2.23. The second-order valence-corrected chi connectivity index (χ2v) is 2.89. The topological polar surface area (TPSA) is 26.3 Å². The lowest BCUT2D eigenvalue weighted by Crippen LogP contribution is -2.04. The van der Waals surface area contributed by atoms with Crippen LogP contribution in [0.2, 0.25) is 0 Å². The molecule has 0 radical (unpaired) electrons. The van der Waals surface area contributed by atoms with E-state index < -0.39 is 0 Å². The van der Waals surface area contributed by atoms with Crippen molar-refractivity contribution in [2.75, 3.05) is 6.61 Å². The predicted molar refractivity (Wildman–Crippen MR) is 55.1 cm³/mol. The summed E-state index contributed by atoms with van der Waals surface area (Å²) in [4.78, 5) is 11.3. The van der Waals surface area contributed by atoms with E-state index in [1.165, 1.54) is 0 Å². The smallest absolute Gasteiger partial charge is 0.338 e. The molecule has 0 fully saturated rings. The Morgan fingerprint density at radius 1 is 1.57 bits per heavy atom. The summed E-state index contributed by atoms with van der Waals surface area (Å²) < 4.78 is 4.87. The maximum atomic E-state index is 11.3. The summed E-state index contributed by atoms with van der Waals surface area (Å²) in [6, 6.07) is 5.18. The van der Waals surface area contributed by atoms with Gasteiger partial charge in [-0.15, -0.1) is 6.42 Å². The quantitative estimate of drug-likeness (QED) is 0.525. The zero-order valence-corrected chi connectivity index (χ0v) is 8.33. The van der Waals surface area contributed by atoms with Gasteiger partial charge in [0.05, 0.1) is 12.2 Å². The fraction of sp³-hybridized carbons (Fsp3) is 0.250. The van der Waals surface area contributed by atoms with Crippen molar-refractivity contribution < 1.29 is 9.53 Å². The third kappa shape index (κ3) is 2.14. The monoisotopic (exact) mass is 188 g/mol. The number of hydrogen-bond donors (Lipinski definition) is 0. The summed E-state index contributed by atoms with van der Waals surface area (Å²) in [6.45, 7) is 4.03. The summed E-state index contributed by atoms with van der Waals surface area (Å²) in [6.07, 6.45) is 5.27. The van der Waals surface area contributed by atoms with E-state index >= 15 is 0 Å². The minimum Gasteiger partial charge on any atom is -0.462 e. The summed E-state index contributed by atoms with van der Waals surface area (Å²) in [5.41, 5.74) is 2.26. The van der Waals surface area contributed by atoms with Crippen molar-refractivity contribution in [3.63, 3.8) is 0 Å². The number of aryl methyl sites for hydroxylation is 1. The highest BCUT2D eigenvalue weighted by molar-refractivity contribution is 5.89. The van der Waals surface area contributed by atoms with Crippen LogP contribution in [-0.4, -0.2) is 12.6 Å². The first-order valence-corrected chi connectivity index (χ1v) is 4.43. The molecule has 0 amide bonds. The molecule has 0 aliphatic rings. The lowest BCUT2D eigenvalue weighted by atomic mass is 10.1. The van der Waals surface area contributed by atoms with E-state index in [4.69, 9.17) is 11.2 Å². The van der Waals surface area contributed by atoms with Crippen molar-refractivity contribution in [1.29, 1.82) is 0 Å². The highest BCUT2D eigenvalue weighted by atomic mass is 16.5. The first kappa shape index (κ1) is 10.3. The van der Waals surface area contributed by atoms with E-state index in [0.717, 1.165) is 11.1 Å². The van der Waals surface area contributed by atoms with Gasteiger partial charge in [0.2, 0.25) is 0 Å². The number of esters is 1. The zero-order chi connectivity index (χ0) is 10.6. The molecule has 0 aromatic heterocycles. The molecule has 0 unspecified atom stereocenters. The molecule has 0 bridgehead atoms. The molecule has 1 rings (SSSR count). The number of carbonyl (C=O) groups excluding carboxylic acids is 1. The molecule has 0 aliphatic heterocycles. The largest absolute Gasteiger partial charge is 0.462 e. The Morgan fingerprint density at radius 2 is 2.29 bits per heavy atom. The molecule has 0 N–H and O–H groups in total. The Balaban J connectivity index is 2.98. The van der Waals surface area contributed by atoms with E-state index in [9.17, 15) is 4.79 Å². The van der Waals surface area contributed by atoms with Crippen LogP contribution in [0.25, 0.3) is 0 Å². The Kier molecular flexibility index (Phi) is 3.30. The van der Waals surface area contributed by atoms with Crippen molar-refractivity contribution in [1.82, 2.24) is 0 Å². The van der Waals surface area contributed by atoms with Crippen molar-refractivity contribution in [2.24, 2.45) is 0 Å². The van der Waals surface area contributed by atoms with Crippen molar-refractivity contribution in [3.05, 3.63) is 34.9 Å². The highest BCUT2D eigenvalue weighted by Gasteiger charge is 2.06. The van der Waals surface area contributed by atoms with E-state index in [1.54, 1.807) is 25.1 Å². The second-order valence-electron chi connectivity index (χ2n) is 2.89. The van der Waals surface area contributed by atoms with Gasteiger partial charge in [-0.25, -0.2) is 4.79 Å². The van der Waals surface area contributed by atoms with Crippen molar-refractivity contribution >= 4 is 5.97 Å². The van der Waals surface area contributed by atoms with Gasteiger partial charge in [0.1, 0.15) is 0 Å². The van der Waals surface area contributed by atoms with Crippen LogP contribution in [0, 0.1) is 19.3 Å². The maximum Gasteiger partial charge on any atom is 0.338 e. The molecule has 0 heterocycles. The van der Waals surface area contributed by atoms with Crippen molar-refractivity contribution in [3.8, 4) is 12.3 Å². The SMILES string of the molecule is C#Cc1ccc(C(=O)OCC)cc1C. The first-order valence-electron chi connectivity index (χ1n) is 4.43. The van der Waals surface area contributed by atoms with Gasteiger partial charge in [-0.3, -0.25) is 0 Å². The van der Waals surface area contributed by atoms with Crippen LogP contribution in [0.15, 0.2) is 18.2 Å². The molecule has 1 aromatic rings. The molecule has 72 valence electrons. The van der Waals surface area contributed by atoms with Gasteiger partial charge in [-0.05, 0) is 37.6 Å². The van der Waals surface area contributed by atoms with Crippen LogP contribution in [0.3, 0.4) is 0 Å². The summed E-state index contributed by atoms with van der Waals surface area (Å²) >= 11 is 0. The lowest BCUT2D eigenvalue weighted by Gasteiger charge is -2.03. The van der Waals surface area contributed by atoms with E-state index in [-0.39, 0.29) is 5.97 Å². The predicted octanol–water partition coefficient (Wildman–Crippen LogP) is 2.15. The fourth-order valence-electron chi connectivity index (χ4n) is 1.17. The van der Waals surface area contributed by atoms with Gasteiger partial charge < -0.3 is 4.74 Å². The number of hydrogen-bond acceptors (Lipinski definition) is 2. The van der Waals surface area contributed by atoms with E-state index in [2.05, 4.69) is 5.92 Å². The highest BCUT2D eigenvalue weighted by Crippen LogP contribution is 2.10. The average molecular weight is 188 g/mol. The number of carbonyl (C=O) groups is 1. The molecule has 1 aromatic carbocycles. The Bertz CT molecular complexity index is 386. The number of benzene rings is 1. The van der Waals surface area contributed by atoms with Crippen LogP contribution >= 0.6 is 0 Å². The van der Waals surface area contributed by atoms with E-state index in [1.807, 2.05) is 6.92 Å². The van der Waals surface area contributed by atoms with Gasteiger partial charge in [0, 0.05) is 5.56 Å². The maximum absolute atomic E-state index is 11.3. The fourth-order valence-corrected chi connectivity index (χ4v) is 1.17. The number of rotatable bonds is 2. The first-order chi connectivity index (χ1) is 6.69. The Hall–Kier alpha value is -1.75. The van der Waals surface area contributed by atoms with Gasteiger partial charge in [0.15, 0.2) is 0 Å². The molecule has 0 saturated heterocycles. The van der Waals surface area contributed by atoms with Gasteiger partial charge in [0.25, 0.3) is 0 Å². The van der Waals surface area contributed by atoms with Gasteiger partial charge in [-0.1, -0.05) is 5.92 Å². The number of ether oxygens (including phenoxy) is 1. The van der Waals surface area contributed by atoms with Crippen LogP contribution in [0.5, 0.6) is 0 Å². The molecule has 0 aliphatic carbocycles. The molecule has 2 nitrogen and oxygen atoms in total. The molecule has 2 heteroatoms. The molecule has 14 heavy (non-hydrogen) atoms. The molecule has 0 saturated carbocycles. The summed E-state index contributed by atoms with van der Waals surface area (Å²) in [7, 11) is 0. The van der Waals surface area contributed by atoms with Crippen LogP contribution < -0.4 is 0 Å². The van der Waals surface area contributed by atoms with E-state index in [0.29, 0.717) is 12.2 Å². The third-order valence-corrected chi connectivity index (χ3v) is 1.89.